The van der Waals surface area contributed by atoms with Crippen LogP contribution in [0.2, 0.25) is 0 Å². The highest BCUT2D eigenvalue weighted by atomic mass is 16.7. The molecule has 0 saturated heterocycles. The van der Waals surface area contributed by atoms with E-state index >= 15 is 0 Å². The normalized spacial score (nSPS) is 10.2. The van der Waals surface area contributed by atoms with Gasteiger partial charge in [0.05, 0.1) is 32.0 Å². The standard InChI is InChI=1S/C38H38O13/c1-4-34(40)45-20-6-8-22-47-37(43)50-30-15-10-27(11-16-30)33(39)25-29-14-19-32(24-26(29)3)49-36(42)28-12-17-31(18-13-28)51-38(44)48-23-9-7-21-46-35(41)5-2/h4-5,10-19,24H,1-2,6-9,20-23,25H2,3H3. The molecule has 51 heavy (non-hydrogen) atoms. The van der Waals surface area contributed by atoms with Crippen molar-refractivity contribution < 1.29 is 61.9 Å². The second kappa shape index (κ2) is 21.0. The zero-order valence-corrected chi connectivity index (χ0v) is 28.1. The third-order valence-corrected chi connectivity index (χ3v) is 6.88. The molecule has 0 heterocycles. The Labute approximate surface area is 294 Å². The summed E-state index contributed by atoms with van der Waals surface area (Å²) in [6, 6.07) is 16.7. The van der Waals surface area contributed by atoms with Crippen LogP contribution in [0.5, 0.6) is 17.2 Å². The smallest absolute Gasteiger partial charge is 0.463 e. The fourth-order valence-electron chi connectivity index (χ4n) is 4.17. The lowest BCUT2D eigenvalue weighted by atomic mass is 9.99. The minimum Gasteiger partial charge on any atom is -0.463 e. The largest absolute Gasteiger partial charge is 0.513 e. The summed E-state index contributed by atoms with van der Waals surface area (Å²) >= 11 is 0. The number of hydrogen-bond donors (Lipinski definition) is 0. The summed E-state index contributed by atoms with van der Waals surface area (Å²) in [5, 5.41) is 0. The van der Waals surface area contributed by atoms with E-state index < -0.39 is 30.2 Å². The molecule has 0 aliphatic heterocycles. The molecule has 0 N–H and O–H groups in total. The van der Waals surface area contributed by atoms with Crippen molar-refractivity contribution in [2.45, 2.75) is 39.0 Å². The van der Waals surface area contributed by atoms with Crippen LogP contribution in [0.15, 0.2) is 92.0 Å². The van der Waals surface area contributed by atoms with Crippen LogP contribution in [-0.2, 0) is 35.0 Å². The van der Waals surface area contributed by atoms with Crippen LogP contribution in [-0.4, -0.2) is 62.4 Å². The van der Waals surface area contributed by atoms with Crippen LogP contribution in [0.4, 0.5) is 9.59 Å². The van der Waals surface area contributed by atoms with Gasteiger partial charge in [-0.1, -0.05) is 19.2 Å². The summed E-state index contributed by atoms with van der Waals surface area (Å²) in [6.45, 7) is 8.93. The fraction of sp³-hybridized carbons (Fsp3) is 0.263. The summed E-state index contributed by atoms with van der Waals surface area (Å²) < 4.78 is 35.4. The number of ether oxygens (including phenoxy) is 7. The lowest BCUT2D eigenvalue weighted by Crippen LogP contribution is -2.13. The Morgan fingerprint density at radius 2 is 0.980 bits per heavy atom. The second-order valence-electron chi connectivity index (χ2n) is 10.7. The molecular formula is C38H38O13. The predicted molar refractivity (Wildman–Crippen MR) is 182 cm³/mol. The van der Waals surface area contributed by atoms with Crippen molar-refractivity contribution in [3.05, 3.63) is 114 Å². The molecular weight excluding hydrogens is 664 g/mol. The van der Waals surface area contributed by atoms with Gasteiger partial charge in [-0.2, -0.15) is 0 Å². The summed E-state index contributed by atoms with van der Waals surface area (Å²) in [5.41, 5.74) is 2.08. The minimum absolute atomic E-state index is 0.0755. The van der Waals surface area contributed by atoms with Gasteiger partial charge in [-0.3, -0.25) is 4.79 Å². The highest BCUT2D eigenvalue weighted by molar-refractivity contribution is 5.98. The fourth-order valence-corrected chi connectivity index (χ4v) is 4.17. The monoisotopic (exact) mass is 702 g/mol. The number of aryl methyl sites for hydroxylation is 1. The summed E-state index contributed by atoms with van der Waals surface area (Å²) in [5.74, 6) is -1.20. The van der Waals surface area contributed by atoms with Crippen molar-refractivity contribution in [3.8, 4) is 17.2 Å². The van der Waals surface area contributed by atoms with Gasteiger partial charge in [0.25, 0.3) is 0 Å². The van der Waals surface area contributed by atoms with Crippen LogP contribution in [0.25, 0.3) is 0 Å². The van der Waals surface area contributed by atoms with Crippen LogP contribution in [0, 0.1) is 6.92 Å². The van der Waals surface area contributed by atoms with Gasteiger partial charge in [-0.05, 0) is 104 Å². The molecule has 0 aliphatic carbocycles. The lowest BCUT2D eigenvalue weighted by molar-refractivity contribution is -0.138. The molecule has 3 rings (SSSR count). The van der Waals surface area contributed by atoms with E-state index in [1.165, 1.54) is 36.4 Å². The number of hydrogen-bond acceptors (Lipinski definition) is 13. The Morgan fingerprint density at radius 1 is 0.549 bits per heavy atom. The molecule has 0 spiro atoms. The quantitative estimate of drug-likeness (QED) is 0.0247. The topological polar surface area (TPSA) is 167 Å². The van der Waals surface area contributed by atoms with E-state index in [0.29, 0.717) is 31.2 Å². The zero-order chi connectivity index (χ0) is 37.0. The molecule has 268 valence electrons. The van der Waals surface area contributed by atoms with Crippen LogP contribution in [0.1, 0.15) is 57.5 Å². The van der Waals surface area contributed by atoms with Gasteiger partial charge in [-0.25, -0.2) is 24.0 Å². The second-order valence-corrected chi connectivity index (χ2v) is 10.7. The molecule has 0 saturated carbocycles. The minimum atomic E-state index is -0.915. The van der Waals surface area contributed by atoms with Crippen molar-refractivity contribution in [2.75, 3.05) is 26.4 Å². The first-order valence-electron chi connectivity index (χ1n) is 15.9. The number of carbonyl (C=O) groups is 6. The Hall–Kier alpha value is -6.24. The number of Topliss-reactive ketones (excluding diaryl/α,β-unsaturated/α-hetero) is 1. The molecule has 0 amide bonds. The number of carbonyl (C=O) groups excluding carboxylic acids is 6. The highest BCUT2D eigenvalue weighted by Crippen LogP contribution is 2.22. The van der Waals surface area contributed by atoms with E-state index in [-0.39, 0.29) is 61.4 Å². The Bertz CT molecular complexity index is 1690. The third-order valence-electron chi connectivity index (χ3n) is 6.88. The predicted octanol–water partition coefficient (Wildman–Crippen LogP) is 6.69. The molecule has 0 radical (unpaired) electrons. The summed E-state index contributed by atoms with van der Waals surface area (Å²) in [6.07, 6.45) is 2.36. The first-order valence-corrected chi connectivity index (χ1v) is 15.9. The molecule has 0 aromatic heterocycles. The van der Waals surface area contributed by atoms with Gasteiger partial charge in [0, 0.05) is 24.1 Å². The van der Waals surface area contributed by atoms with E-state index in [2.05, 4.69) is 13.2 Å². The molecule has 0 fully saturated rings. The number of ketones is 1. The van der Waals surface area contributed by atoms with Crippen molar-refractivity contribution in [2.24, 2.45) is 0 Å². The van der Waals surface area contributed by atoms with Crippen LogP contribution >= 0.6 is 0 Å². The number of rotatable bonds is 19. The van der Waals surface area contributed by atoms with Gasteiger partial charge in [0.15, 0.2) is 5.78 Å². The van der Waals surface area contributed by atoms with Gasteiger partial charge in [0.1, 0.15) is 17.2 Å². The molecule has 0 aliphatic rings. The molecule has 13 nitrogen and oxygen atoms in total. The van der Waals surface area contributed by atoms with E-state index in [1.54, 1.807) is 37.3 Å². The molecule has 0 unspecified atom stereocenters. The summed E-state index contributed by atoms with van der Waals surface area (Å²) in [7, 11) is 0. The lowest BCUT2D eigenvalue weighted by Gasteiger charge is -2.10. The average molecular weight is 703 g/mol. The Morgan fingerprint density at radius 3 is 1.43 bits per heavy atom. The van der Waals surface area contributed by atoms with E-state index in [0.717, 1.165) is 23.3 Å². The van der Waals surface area contributed by atoms with Crippen molar-refractivity contribution in [1.82, 2.24) is 0 Å². The zero-order valence-electron chi connectivity index (χ0n) is 28.1. The van der Waals surface area contributed by atoms with Gasteiger partial charge in [0.2, 0.25) is 0 Å². The maximum absolute atomic E-state index is 12.9. The van der Waals surface area contributed by atoms with Gasteiger partial charge in [-0.15, -0.1) is 0 Å². The highest BCUT2D eigenvalue weighted by Gasteiger charge is 2.15. The Balaban J connectivity index is 1.40. The van der Waals surface area contributed by atoms with Crippen LogP contribution in [0.3, 0.4) is 0 Å². The Kier molecular flexibility index (Phi) is 16.1. The first-order chi connectivity index (χ1) is 24.6. The number of benzene rings is 3. The SMILES string of the molecule is C=CC(=O)OCCCCOC(=O)Oc1ccc(C(=O)Cc2ccc(OC(=O)c3ccc(OC(=O)OCCCCOC(=O)C=C)cc3)cc2C)cc1. The van der Waals surface area contributed by atoms with Crippen molar-refractivity contribution in [1.29, 1.82) is 0 Å². The number of esters is 3. The van der Waals surface area contributed by atoms with E-state index in [4.69, 9.17) is 33.2 Å². The molecule has 13 heteroatoms. The van der Waals surface area contributed by atoms with Crippen LogP contribution < -0.4 is 14.2 Å². The average Bonchev–Trinajstić information content (AvgIpc) is 3.12. The first kappa shape index (κ1) is 39.2. The molecule has 3 aromatic rings. The molecule has 0 atom stereocenters. The van der Waals surface area contributed by atoms with E-state index in [1.807, 2.05) is 0 Å². The maximum atomic E-state index is 12.9. The van der Waals surface area contributed by atoms with E-state index in [9.17, 15) is 28.8 Å². The van der Waals surface area contributed by atoms with Crippen molar-refractivity contribution in [3.63, 3.8) is 0 Å². The molecule has 0 bridgehead atoms. The van der Waals surface area contributed by atoms with Gasteiger partial charge >= 0.3 is 30.2 Å². The summed E-state index contributed by atoms with van der Waals surface area (Å²) in [4.78, 5) is 71.4. The van der Waals surface area contributed by atoms with Gasteiger partial charge < -0.3 is 33.2 Å². The molecule has 3 aromatic carbocycles. The number of unbranched alkanes of at least 4 members (excludes halogenated alkanes) is 2. The maximum Gasteiger partial charge on any atom is 0.513 e. The third kappa shape index (κ3) is 14.4. The van der Waals surface area contributed by atoms with Crippen molar-refractivity contribution >= 4 is 36.0 Å².